The van der Waals surface area contributed by atoms with Gasteiger partial charge in [-0.2, -0.15) is 0 Å². The van der Waals surface area contributed by atoms with Crippen LogP contribution in [0.1, 0.15) is 82.5 Å². The smallest absolute Gasteiger partial charge is 0.162 e. The Labute approximate surface area is 241 Å². The van der Waals surface area contributed by atoms with Gasteiger partial charge in [-0.25, -0.2) is 0 Å². The number of hydrogen-bond acceptors (Lipinski definition) is 5. The Kier molecular flexibility index (Phi) is 16.6. The van der Waals surface area contributed by atoms with E-state index in [0.29, 0.717) is 6.04 Å². The summed E-state index contributed by atoms with van der Waals surface area (Å²) in [5.74, 6) is 7.26. The number of hydrogen-bond donors (Lipinski definition) is 1. The molecular weight excluding hydrogens is 525 g/mol. The molecule has 0 saturated heterocycles. The monoisotopic (exact) mass is 571 g/mol. The molecule has 0 bridgehead atoms. The van der Waals surface area contributed by atoms with Gasteiger partial charge < -0.3 is 9.78 Å². The number of benzene rings is 1. The number of rotatable bonds is 8. The molecule has 1 unspecified atom stereocenters. The number of carbonyl (C=O) groups is 1. The zero-order valence-electron chi connectivity index (χ0n) is 24.5. The molecule has 3 nitrogen and oxygen atoms in total. The number of thioether (sulfide) groups is 1. The summed E-state index contributed by atoms with van der Waals surface area (Å²) in [4.78, 5) is 14.1. The van der Waals surface area contributed by atoms with Crippen molar-refractivity contribution >= 4 is 43.1 Å². The van der Waals surface area contributed by atoms with Gasteiger partial charge in [0.05, 0.1) is 10.6 Å². The molecule has 1 heterocycles. The molecule has 0 radical (unpaired) electrons. The number of aliphatic hydroxyl groups excluding tert-OH is 1. The molecule has 1 N–H and O–H groups in total. The Bertz CT molecular complexity index is 1070. The summed E-state index contributed by atoms with van der Waals surface area (Å²) in [6, 6.07) is 11.0. The Balaban J connectivity index is 0.00000172. The van der Waals surface area contributed by atoms with Crippen molar-refractivity contribution in [2.24, 2.45) is 5.92 Å². The molecule has 1 aliphatic carbocycles. The Morgan fingerprint density at radius 2 is 1.79 bits per heavy atom. The number of nitrogens with zero attached hydrogens (tertiary/aromatic N) is 1. The van der Waals surface area contributed by atoms with Crippen LogP contribution in [0.4, 0.5) is 5.69 Å². The quantitative estimate of drug-likeness (QED) is 0.194. The molecule has 1 saturated carbocycles. The largest absolute Gasteiger partial charge is 0.400 e. The lowest BCUT2D eigenvalue weighted by atomic mass is 9.91. The molecule has 6 heteroatoms. The molecule has 38 heavy (non-hydrogen) atoms. The standard InChI is InChI=1S/C29H36NOPS2.C2H6.CH4O/c1-7-33-20-23(5)8-11-24-12-14-25(15-13-24)28-18-27(29(19-31)34-28)30(21(2)3)32(6)26-16-9-22(4)10-17-26;2*1-2/h7,12-15,18-22,26H,1,9-10,16-17H2,2-6H3;1-2H3;2H,1H3/b23-20+;;. The van der Waals surface area contributed by atoms with Crippen LogP contribution in [0.3, 0.4) is 0 Å². The fraction of sp³-hybridized carbons (Fsp3) is 0.469. The van der Waals surface area contributed by atoms with E-state index in [-0.39, 0.29) is 8.07 Å². The van der Waals surface area contributed by atoms with Crippen LogP contribution in [0.25, 0.3) is 10.4 Å². The third kappa shape index (κ3) is 10.0. The average Bonchev–Trinajstić information content (AvgIpc) is 3.37. The predicted molar refractivity (Wildman–Crippen MR) is 175 cm³/mol. The van der Waals surface area contributed by atoms with Crippen LogP contribution in [0.15, 0.2) is 53.3 Å². The second kappa shape index (κ2) is 18.5. The minimum Gasteiger partial charge on any atom is -0.400 e. The van der Waals surface area contributed by atoms with Gasteiger partial charge in [0.25, 0.3) is 0 Å². The highest BCUT2D eigenvalue weighted by Gasteiger charge is 2.30. The molecule has 0 spiro atoms. The third-order valence-electron chi connectivity index (χ3n) is 6.35. The minimum absolute atomic E-state index is 0.346. The molecule has 208 valence electrons. The van der Waals surface area contributed by atoms with Crippen molar-refractivity contribution in [1.82, 2.24) is 0 Å². The van der Waals surface area contributed by atoms with Crippen LogP contribution in [-0.4, -0.2) is 36.9 Å². The highest BCUT2D eigenvalue weighted by molar-refractivity contribution is 8.04. The number of aliphatic hydroxyl groups is 1. The van der Waals surface area contributed by atoms with Gasteiger partial charge in [0.1, 0.15) is 0 Å². The van der Waals surface area contributed by atoms with Crippen LogP contribution in [-0.2, 0) is 0 Å². The second-order valence-electron chi connectivity index (χ2n) is 9.33. The molecule has 2 aromatic rings. The van der Waals surface area contributed by atoms with E-state index >= 15 is 0 Å². The molecule has 1 atom stereocenters. The van der Waals surface area contributed by atoms with Crippen LogP contribution in [0.5, 0.6) is 0 Å². The Morgan fingerprint density at radius 1 is 1.18 bits per heavy atom. The fourth-order valence-electron chi connectivity index (χ4n) is 4.47. The van der Waals surface area contributed by atoms with Gasteiger partial charge in [-0.3, -0.25) is 4.79 Å². The van der Waals surface area contributed by atoms with Crippen molar-refractivity contribution in [2.45, 2.75) is 78.9 Å². The lowest BCUT2D eigenvalue weighted by Gasteiger charge is -2.41. The summed E-state index contributed by atoms with van der Waals surface area (Å²) in [7, 11) is 0.654. The number of thiophene rings is 1. The van der Waals surface area contributed by atoms with E-state index in [1.807, 2.05) is 26.2 Å². The summed E-state index contributed by atoms with van der Waals surface area (Å²) < 4.78 is 2.55. The second-order valence-corrected chi connectivity index (χ2v) is 13.6. The van der Waals surface area contributed by atoms with E-state index < -0.39 is 0 Å². The molecule has 0 aliphatic heterocycles. The van der Waals surface area contributed by atoms with Gasteiger partial charge in [-0.05, 0) is 94.5 Å². The first-order chi connectivity index (χ1) is 18.3. The van der Waals surface area contributed by atoms with E-state index in [4.69, 9.17) is 5.11 Å². The van der Waals surface area contributed by atoms with Gasteiger partial charge >= 0.3 is 0 Å². The lowest BCUT2D eigenvalue weighted by Crippen LogP contribution is -2.31. The van der Waals surface area contributed by atoms with Crippen LogP contribution in [0.2, 0.25) is 0 Å². The summed E-state index contributed by atoms with van der Waals surface area (Å²) >= 11 is 3.14. The average molecular weight is 572 g/mol. The van der Waals surface area contributed by atoms with E-state index in [1.165, 1.54) is 25.7 Å². The SMILES string of the molecule is C=CS/C=C(\C)C#Cc1ccc(-c2cc(N(C(C)C)P(C)C3CCC(C)CC3)c(C=O)s2)cc1.CC.CO. The normalized spacial score (nSPS) is 17.6. The van der Waals surface area contributed by atoms with Crippen LogP contribution < -0.4 is 4.67 Å². The zero-order valence-corrected chi connectivity index (χ0v) is 27.0. The van der Waals surface area contributed by atoms with Crippen molar-refractivity contribution in [2.75, 3.05) is 18.4 Å². The molecule has 3 rings (SSSR count). The van der Waals surface area contributed by atoms with Crippen molar-refractivity contribution < 1.29 is 9.90 Å². The van der Waals surface area contributed by atoms with Crippen molar-refractivity contribution in [3.05, 3.63) is 63.7 Å². The fourth-order valence-corrected chi connectivity index (χ4v) is 8.50. The van der Waals surface area contributed by atoms with Gasteiger partial charge in [0.15, 0.2) is 6.29 Å². The summed E-state index contributed by atoms with van der Waals surface area (Å²) in [6.45, 7) is 19.0. The topological polar surface area (TPSA) is 40.5 Å². The first-order valence-corrected chi connectivity index (χ1v) is 17.0. The van der Waals surface area contributed by atoms with Gasteiger partial charge in [0, 0.05) is 29.2 Å². The van der Waals surface area contributed by atoms with Crippen LogP contribution in [0, 0.1) is 17.8 Å². The van der Waals surface area contributed by atoms with E-state index in [9.17, 15) is 4.79 Å². The maximum atomic E-state index is 12.1. The highest BCUT2D eigenvalue weighted by atomic mass is 32.2. The molecular formula is C32H46NO2PS2. The van der Waals surface area contributed by atoms with E-state index in [0.717, 1.165) is 57.1 Å². The van der Waals surface area contributed by atoms with Crippen molar-refractivity contribution in [1.29, 1.82) is 0 Å². The number of allylic oxidation sites excluding steroid dienone is 1. The number of carbonyl (C=O) groups excluding carboxylic acids is 1. The highest BCUT2D eigenvalue weighted by Crippen LogP contribution is 2.53. The van der Waals surface area contributed by atoms with Gasteiger partial charge in [-0.1, -0.05) is 64.2 Å². The molecule has 0 amide bonds. The Hall–Kier alpha value is -1.83. The van der Waals surface area contributed by atoms with Crippen molar-refractivity contribution in [3.63, 3.8) is 0 Å². The molecule has 1 aromatic heterocycles. The third-order valence-corrected chi connectivity index (χ3v) is 11.1. The molecule has 1 fully saturated rings. The Morgan fingerprint density at radius 3 is 2.32 bits per heavy atom. The van der Waals surface area contributed by atoms with Gasteiger partial charge in [-0.15, -0.1) is 23.1 Å². The lowest BCUT2D eigenvalue weighted by molar-refractivity contribution is 0.112. The summed E-state index contributed by atoms with van der Waals surface area (Å²) in [5, 5.41) is 10.8. The predicted octanol–water partition coefficient (Wildman–Crippen LogP) is 9.81. The minimum atomic E-state index is -0.346. The first-order valence-electron chi connectivity index (χ1n) is 13.4. The maximum absolute atomic E-state index is 12.1. The van der Waals surface area contributed by atoms with E-state index in [2.05, 4.69) is 80.9 Å². The first kappa shape index (κ1) is 34.2. The molecule has 1 aliphatic rings. The summed E-state index contributed by atoms with van der Waals surface area (Å²) in [5.41, 5.74) is 5.00. The van der Waals surface area contributed by atoms with Crippen LogP contribution >= 0.6 is 31.2 Å². The number of anilines is 1. The zero-order chi connectivity index (χ0) is 28.7. The van der Waals surface area contributed by atoms with E-state index in [1.54, 1.807) is 28.5 Å². The van der Waals surface area contributed by atoms with Crippen molar-refractivity contribution in [3.8, 4) is 22.3 Å². The maximum Gasteiger partial charge on any atom is 0.162 e. The number of aldehydes is 1. The summed E-state index contributed by atoms with van der Waals surface area (Å²) in [6.07, 6.45) is 6.32. The van der Waals surface area contributed by atoms with Gasteiger partial charge in [0.2, 0.25) is 0 Å². The molecule has 1 aromatic carbocycles.